The fraction of sp³-hybridized carbons (Fsp3) is 0.387. The van der Waals surface area contributed by atoms with E-state index < -0.39 is 0 Å². The van der Waals surface area contributed by atoms with E-state index in [0.717, 1.165) is 66.4 Å². The Balaban J connectivity index is 1.14. The minimum atomic E-state index is 0.410. The second kappa shape index (κ2) is 11.8. The first-order chi connectivity index (χ1) is 18.5. The minimum absolute atomic E-state index is 0.410. The first kappa shape index (κ1) is 25.9. The molecule has 1 fully saturated rings. The number of fused-ring (bicyclic) bond motifs is 1. The van der Waals surface area contributed by atoms with Gasteiger partial charge in [0.05, 0.1) is 23.4 Å². The Morgan fingerprint density at radius 2 is 1.74 bits per heavy atom. The van der Waals surface area contributed by atoms with Crippen LogP contribution in [0, 0.1) is 5.92 Å². The van der Waals surface area contributed by atoms with E-state index in [0.29, 0.717) is 12.0 Å². The molecular formula is C31H39N7. The molecule has 5 rings (SSSR count). The van der Waals surface area contributed by atoms with Crippen LogP contribution in [0.1, 0.15) is 49.6 Å². The Kier molecular flexibility index (Phi) is 8.03. The number of allylic oxidation sites excluding steroid dienone is 1. The number of hydrogen-bond acceptors (Lipinski definition) is 6. The van der Waals surface area contributed by atoms with Crippen LogP contribution in [0.2, 0.25) is 0 Å². The molecule has 0 unspecified atom stereocenters. The molecule has 0 spiro atoms. The maximum Gasteiger partial charge on any atom is 0.225 e. The summed E-state index contributed by atoms with van der Waals surface area (Å²) >= 11 is 0. The summed E-state index contributed by atoms with van der Waals surface area (Å²) in [5.41, 5.74) is 5.40. The number of hydrogen-bond donors (Lipinski definition) is 2. The van der Waals surface area contributed by atoms with Crippen LogP contribution in [-0.4, -0.2) is 46.4 Å². The van der Waals surface area contributed by atoms with Crippen LogP contribution in [0.15, 0.2) is 67.2 Å². The molecule has 2 aromatic heterocycles. The number of nitrogens with one attached hydrogen (secondary N) is 2. The topological polar surface area (TPSA) is 70.9 Å². The van der Waals surface area contributed by atoms with Gasteiger partial charge in [-0.2, -0.15) is 10.1 Å². The van der Waals surface area contributed by atoms with Crippen molar-refractivity contribution in [1.29, 1.82) is 0 Å². The smallest absolute Gasteiger partial charge is 0.225 e. The zero-order valence-corrected chi connectivity index (χ0v) is 22.8. The van der Waals surface area contributed by atoms with Gasteiger partial charge in [0, 0.05) is 32.1 Å². The molecule has 0 atom stereocenters. The number of nitrogens with zero attached hydrogens (tertiary/aromatic N) is 5. The summed E-state index contributed by atoms with van der Waals surface area (Å²) in [5, 5.41) is 13.2. The van der Waals surface area contributed by atoms with E-state index in [9.17, 15) is 0 Å². The van der Waals surface area contributed by atoms with E-state index in [2.05, 4.69) is 75.3 Å². The van der Waals surface area contributed by atoms with Crippen molar-refractivity contribution in [3.8, 4) is 0 Å². The predicted octanol–water partition coefficient (Wildman–Crippen LogP) is 5.73. The van der Waals surface area contributed by atoms with Crippen LogP contribution < -0.4 is 15.5 Å². The summed E-state index contributed by atoms with van der Waals surface area (Å²) in [6.45, 7) is 8.71. The zero-order chi connectivity index (χ0) is 26.5. The molecule has 1 aliphatic carbocycles. The van der Waals surface area contributed by atoms with Crippen LogP contribution >= 0.6 is 0 Å². The van der Waals surface area contributed by atoms with Crippen LogP contribution in [-0.2, 0) is 13.1 Å². The molecule has 7 nitrogen and oxygen atoms in total. The van der Waals surface area contributed by atoms with Crippen molar-refractivity contribution >= 4 is 28.2 Å². The average Bonchev–Trinajstić information content (AvgIpc) is 3.32. The fourth-order valence-electron chi connectivity index (χ4n) is 5.26. The number of rotatable bonds is 10. The largest absolute Gasteiger partial charge is 0.362 e. The van der Waals surface area contributed by atoms with Gasteiger partial charge >= 0.3 is 0 Å². The summed E-state index contributed by atoms with van der Waals surface area (Å²) in [7, 11) is 4.07. The summed E-state index contributed by atoms with van der Waals surface area (Å²) in [6.07, 6.45) is 4.65. The SMILES string of the molecule is C=C(C)c1cc(CNCC2CCC(Nc3nc(N(C)C)c4ccccc4n3)CC2)n(Cc2ccccc2)n1. The van der Waals surface area contributed by atoms with E-state index in [1.165, 1.54) is 24.1 Å². The third kappa shape index (κ3) is 6.22. The predicted molar refractivity (Wildman–Crippen MR) is 157 cm³/mol. The maximum absolute atomic E-state index is 4.83. The van der Waals surface area contributed by atoms with E-state index in [1.807, 2.05) is 33.2 Å². The third-order valence-corrected chi connectivity index (χ3v) is 7.40. The van der Waals surface area contributed by atoms with Crippen LogP contribution in [0.5, 0.6) is 0 Å². The molecule has 0 radical (unpaired) electrons. The van der Waals surface area contributed by atoms with Gasteiger partial charge in [0.2, 0.25) is 5.95 Å². The Hall–Kier alpha value is -3.71. The van der Waals surface area contributed by atoms with Gasteiger partial charge in [-0.3, -0.25) is 4.68 Å². The average molecular weight is 510 g/mol. The lowest BCUT2D eigenvalue weighted by molar-refractivity contribution is 0.322. The normalized spacial score (nSPS) is 17.4. The van der Waals surface area contributed by atoms with Crippen molar-refractivity contribution in [2.75, 3.05) is 30.9 Å². The third-order valence-electron chi connectivity index (χ3n) is 7.40. The van der Waals surface area contributed by atoms with Crippen molar-refractivity contribution in [1.82, 2.24) is 25.1 Å². The number of anilines is 2. The van der Waals surface area contributed by atoms with Crippen LogP contribution in [0.25, 0.3) is 16.5 Å². The standard InChI is InChI=1S/C31H39N7/c1-22(2)29-18-26(38(36-29)21-24-10-6-5-7-11-24)20-32-19-23-14-16-25(17-15-23)33-31-34-28-13-9-8-12-27(28)30(35-31)37(3)4/h5-13,18,23,25,32H,1,14-17,19-21H2,2-4H3,(H,33,34,35). The Morgan fingerprint density at radius 1 is 1.00 bits per heavy atom. The molecule has 38 heavy (non-hydrogen) atoms. The van der Waals surface area contributed by atoms with E-state index in [-0.39, 0.29) is 0 Å². The van der Waals surface area contributed by atoms with Gasteiger partial charge in [0.1, 0.15) is 5.82 Å². The van der Waals surface area contributed by atoms with Crippen molar-refractivity contribution in [3.05, 3.63) is 84.2 Å². The van der Waals surface area contributed by atoms with Gasteiger partial charge in [-0.05, 0) is 74.4 Å². The highest BCUT2D eigenvalue weighted by Gasteiger charge is 2.22. The maximum atomic E-state index is 4.83. The lowest BCUT2D eigenvalue weighted by Crippen LogP contribution is -2.32. The molecule has 0 amide bonds. The zero-order valence-electron chi connectivity index (χ0n) is 22.8. The first-order valence-corrected chi connectivity index (χ1v) is 13.6. The number of benzene rings is 2. The number of aromatic nitrogens is 4. The molecule has 4 aromatic rings. The lowest BCUT2D eigenvalue weighted by Gasteiger charge is -2.29. The van der Waals surface area contributed by atoms with Gasteiger partial charge in [0.15, 0.2) is 0 Å². The molecule has 0 bridgehead atoms. The Bertz CT molecular complexity index is 1370. The second-order valence-corrected chi connectivity index (χ2v) is 10.7. The summed E-state index contributed by atoms with van der Waals surface area (Å²) in [4.78, 5) is 11.7. The summed E-state index contributed by atoms with van der Waals surface area (Å²) in [5.74, 6) is 2.36. The van der Waals surface area contributed by atoms with Crippen molar-refractivity contribution in [2.24, 2.45) is 5.92 Å². The molecule has 7 heteroatoms. The summed E-state index contributed by atoms with van der Waals surface area (Å²) in [6, 6.07) is 21.3. The van der Waals surface area contributed by atoms with E-state index in [1.54, 1.807) is 0 Å². The molecule has 2 aromatic carbocycles. The summed E-state index contributed by atoms with van der Waals surface area (Å²) < 4.78 is 2.11. The molecule has 198 valence electrons. The van der Waals surface area contributed by atoms with Crippen LogP contribution in [0.3, 0.4) is 0 Å². The van der Waals surface area contributed by atoms with Crippen molar-refractivity contribution in [3.63, 3.8) is 0 Å². The van der Waals surface area contributed by atoms with Gasteiger partial charge in [-0.25, -0.2) is 4.98 Å². The molecule has 0 saturated heterocycles. The molecule has 2 N–H and O–H groups in total. The van der Waals surface area contributed by atoms with Crippen LogP contribution in [0.4, 0.5) is 11.8 Å². The number of para-hydroxylation sites is 1. The van der Waals surface area contributed by atoms with Gasteiger partial charge in [-0.1, -0.05) is 49.0 Å². The molecular weight excluding hydrogens is 470 g/mol. The van der Waals surface area contributed by atoms with Crippen molar-refractivity contribution in [2.45, 2.75) is 51.7 Å². The minimum Gasteiger partial charge on any atom is -0.362 e. The first-order valence-electron chi connectivity index (χ1n) is 13.6. The highest BCUT2D eigenvalue weighted by Crippen LogP contribution is 2.28. The van der Waals surface area contributed by atoms with E-state index in [4.69, 9.17) is 15.1 Å². The highest BCUT2D eigenvalue weighted by molar-refractivity contribution is 5.90. The molecule has 1 aliphatic rings. The Labute approximate surface area is 226 Å². The Morgan fingerprint density at radius 3 is 2.47 bits per heavy atom. The fourth-order valence-corrected chi connectivity index (χ4v) is 5.26. The van der Waals surface area contributed by atoms with Gasteiger partial charge in [-0.15, -0.1) is 0 Å². The molecule has 1 saturated carbocycles. The second-order valence-electron chi connectivity index (χ2n) is 10.7. The quantitative estimate of drug-likeness (QED) is 0.284. The molecule has 2 heterocycles. The van der Waals surface area contributed by atoms with E-state index >= 15 is 0 Å². The van der Waals surface area contributed by atoms with Crippen molar-refractivity contribution < 1.29 is 0 Å². The van der Waals surface area contributed by atoms with Gasteiger partial charge in [0.25, 0.3) is 0 Å². The highest BCUT2D eigenvalue weighted by atomic mass is 15.3. The molecule has 0 aliphatic heterocycles. The monoisotopic (exact) mass is 509 g/mol. The lowest BCUT2D eigenvalue weighted by atomic mass is 9.86. The van der Waals surface area contributed by atoms with Gasteiger partial charge < -0.3 is 15.5 Å².